The van der Waals surface area contributed by atoms with Crippen LogP contribution in [0.25, 0.3) is 0 Å². The second-order valence-electron chi connectivity index (χ2n) is 6.13. The monoisotopic (exact) mass is 349 g/mol. The van der Waals surface area contributed by atoms with Crippen molar-refractivity contribution in [1.29, 1.82) is 0 Å². The fraction of sp³-hybridized carbons (Fsp3) is 0.444. The number of aliphatic hydroxyl groups excluding tert-OH is 1. The molecule has 3 nitrogen and oxygen atoms in total. The van der Waals surface area contributed by atoms with Crippen LogP contribution in [-0.4, -0.2) is 33.1 Å². The van der Waals surface area contributed by atoms with Crippen LogP contribution in [0.15, 0.2) is 46.7 Å². The topological polar surface area (TPSA) is 40.5 Å². The second-order valence-corrected chi connectivity index (χ2v) is 8.49. The van der Waals surface area contributed by atoms with Gasteiger partial charge in [-0.25, -0.2) is 0 Å². The molecule has 0 amide bonds. The highest BCUT2D eigenvalue weighted by atomic mass is 32.2. The van der Waals surface area contributed by atoms with Crippen LogP contribution in [0.1, 0.15) is 35.8 Å². The highest BCUT2D eigenvalue weighted by Crippen LogP contribution is 2.30. The van der Waals surface area contributed by atoms with Crippen LogP contribution in [0.2, 0.25) is 0 Å². The molecule has 0 radical (unpaired) electrons. The summed E-state index contributed by atoms with van der Waals surface area (Å²) in [5.74, 6) is 0. The molecule has 0 spiro atoms. The van der Waals surface area contributed by atoms with Gasteiger partial charge in [0.05, 0.1) is 6.10 Å². The largest absolute Gasteiger partial charge is 0.388 e. The zero-order valence-corrected chi connectivity index (χ0v) is 15.0. The summed E-state index contributed by atoms with van der Waals surface area (Å²) in [4.78, 5) is 4.40. The maximum Gasteiger partial charge on any atom is 0.0896 e. The Bertz CT molecular complexity index is 640. The molecule has 1 N–H and O–H groups in total. The van der Waals surface area contributed by atoms with Gasteiger partial charge in [-0.3, -0.25) is 9.11 Å². The third-order valence-corrected chi connectivity index (χ3v) is 6.42. The first-order valence-corrected chi connectivity index (χ1v) is 10.4. The quantitative estimate of drug-likeness (QED) is 0.867. The summed E-state index contributed by atoms with van der Waals surface area (Å²) in [5.41, 5.74) is 1.25. The first kappa shape index (κ1) is 16.8. The van der Waals surface area contributed by atoms with Crippen molar-refractivity contribution >= 4 is 22.1 Å². The van der Waals surface area contributed by atoms with Crippen molar-refractivity contribution in [3.8, 4) is 0 Å². The van der Waals surface area contributed by atoms with E-state index in [9.17, 15) is 9.32 Å². The Labute approximate surface area is 144 Å². The zero-order chi connectivity index (χ0) is 16.2. The number of benzene rings is 1. The van der Waals surface area contributed by atoms with Crippen LogP contribution in [0, 0.1) is 0 Å². The number of aliphatic hydroxyl groups is 1. The molecule has 1 aromatic carbocycles. The Balaban J connectivity index is 1.61. The number of hydrogen-bond donors (Lipinski definition) is 1. The summed E-state index contributed by atoms with van der Waals surface area (Å²) >= 11 is 1.63. The molecule has 2 aromatic rings. The molecule has 0 bridgehead atoms. The first-order valence-electron chi connectivity index (χ1n) is 8.01. The number of rotatable bonds is 6. The van der Waals surface area contributed by atoms with Crippen LogP contribution in [0.5, 0.6) is 0 Å². The van der Waals surface area contributed by atoms with Gasteiger partial charge in [0.15, 0.2) is 0 Å². The van der Waals surface area contributed by atoms with E-state index >= 15 is 0 Å². The zero-order valence-electron chi connectivity index (χ0n) is 13.4. The van der Waals surface area contributed by atoms with Crippen molar-refractivity contribution in [2.45, 2.75) is 42.8 Å². The van der Waals surface area contributed by atoms with Crippen LogP contribution >= 0.6 is 11.3 Å². The standard InChI is InChI=1S/C18H23NO2S2/c1-23(21)16-8-6-14(7-9-16)13-19-10-2-4-15(19)12-17(20)18-5-3-11-22-18/h3,5-9,11,15,17,20H,2,4,10,12-13H2,1H3. The van der Waals surface area contributed by atoms with Crippen molar-refractivity contribution in [3.63, 3.8) is 0 Å². The molecule has 124 valence electrons. The van der Waals surface area contributed by atoms with Gasteiger partial charge < -0.3 is 5.11 Å². The van der Waals surface area contributed by atoms with Crippen molar-refractivity contribution in [2.75, 3.05) is 12.8 Å². The van der Waals surface area contributed by atoms with Crippen molar-refractivity contribution in [3.05, 3.63) is 52.2 Å². The summed E-state index contributed by atoms with van der Waals surface area (Å²) in [6.45, 7) is 1.99. The van der Waals surface area contributed by atoms with Crippen LogP contribution < -0.4 is 0 Å². The third-order valence-electron chi connectivity index (χ3n) is 4.51. The molecule has 5 heteroatoms. The van der Waals surface area contributed by atoms with E-state index in [-0.39, 0.29) is 6.10 Å². The Morgan fingerprint density at radius 3 is 2.78 bits per heavy atom. The predicted octanol–water partition coefficient (Wildman–Crippen LogP) is 3.57. The van der Waals surface area contributed by atoms with Crippen LogP contribution in [0.4, 0.5) is 0 Å². The Hall–Kier alpha value is -1.01. The van der Waals surface area contributed by atoms with E-state index in [1.807, 2.05) is 29.6 Å². The molecule has 0 saturated carbocycles. The SMILES string of the molecule is CS(=O)c1ccc(CN2CCCC2CC(O)c2cccs2)cc1. The summed E-state index contributed by atoms with van der Waals surface area (Å²) < 4.78 is 11.5. The average molecular weight is 350 g/mol. The fourth-order valence-corrected chi connectivity index (χ4v) is 4.49. The number of nitrogens with zero attached hydrogens (tertiary/aromatic N) is 1. The lowest BCUT2D eigenvalue weighted by Gasteiger charge is -2.26. The van der Waals surface area contributed by atoms with Gasteiger partial charge in [0.1, 0.15) is 0 Å². The Morgan fingerprint density at radius 2 is 2.13 bits per heavy atom. The van der Waals surface area contributed by atoms with E-state index in [1.165, 1.54) is 12.0 Å². The van der Waals surface area contributed by atoms with Gasteiger partial charge in [-0.05, 0) is 54.9 Å². The molecule has 0 aliphatic carbocycles. The number of thiophene rings is 1. The lowest BCUT2D eigenvalue weighted by atomic mass is 10.1. The first-order chi connectivity index (χ1) is 11.1. The highest BCUT2D eigenvalue weighted by Gasteiger charge is 2.27. The lowest BCUT2D eigenvalue weighted by molar-refractivity contribution is 0.120. The summed E-state index contributed by atoms with van der Waals surface area (Å²) in [6.07, 6.45) is 4.50. The van der Waals surface area contributed by atoms with E-state index in [4.69, 9.17) is 0 Å². The minimum Gasteiger partial charge on any atom is -0.388 e. The molecule has 1 aromatic heterocycles. The lowest BCUT2D eigenvalue weighted by Crippen LogP contribution is -2.30. The second kappa shape index (κ2) is 7.71. The molecular weight excluding hydrogens is 326 g/mol. The molecule has 3 rings (SSSR count). The minimum atomic E-state index is -0.919. The number of hydrogen-bond acceptors (Lipinski definition) is 4. The fourth-order valence-electron chi connectivity index (χ4n) is 3.25. The van der Waals surface area contributed by atoms with E-state index in [1.54, 1.807) is 17.6 Å². The van der Waals surface area contributed by atoms with E-state index < -0.39 is 10.8 Å². The number of likely N-dealkylation sites (tertiary alicyclic amines) is 1. The van der Waals surface area contributed by atoms with Crippen molar-refractivity contribution < 1.29 is 9.32 Å². The molecule has 2 heterocycles. The van der Waals surface area contributed by atoms with E-state index in [0.29, 0.717) is 6.04 Å². The van der Waals surface area contributed by atoms with Crippen LogP contribution in [-0.2, 0) is 17.3 Å². The summed E-state index contributed by atoms with van der Waals surface area (Å²) in [7, 11) is -0.919. The van der Waals surface area contributed by atoms with Gasteiger partial charge in [-0.15, -0.1) is 11.3 Å². The van der Waals surface area contributed by atoms with Crippen molar-refractivity contribution in [1.82, 2.24) is 4.90 Å². The molecule has 1 aliphatic rings. The molecule has 1 saturated heterocycles. The Morgan fingerprint density at radius 1 is 1.35 bits per heavy atom. The molecule has 3 atom stereocenters. The van der Waals surface area contributed by atoms with Gasteiger partial charge >= 0.3 is 0 Å². The van der Waals surface area contributed by atoms with Crippen molar-refractivity contribution in [2.24, 2.45) is 0 Å². The van der Waals surface area contributed by atoms with Gasteiger partial charge in [0, 0.05) is 39.4 Å². The Kier molecular flexibility index (Phi) is 5.64. The van der Waals surface area contributed by atoms with E-state index in [2.05, 4.69) is 17.0 Å². The van der Waals surface area contributed by atoms with Gasteiger partial charge in [-0.2, -0.15) is 0 Å². The van der Waals surface area contributed by atoms with Gasteiger partial charge in [0.2, 0.25) is 0 Å². The maximum atomic E-state index is 11.5. The summed E-state index contributed by atoms with van der Waals surface area (Å²) in [5, 5.41) is 12.4. The molecule has 1 aliphatic heterocycles. The molecule has 23 heavy (non-hydrogen) atoms. The van der Waals surface area contributed by atoms with Gasteiger partial charge in [0.25, 0.3) is 0 Å². The third kappa shape index (κ3) is 4.29. The normalized spacial score (nSPS) is 21.4. The highest BCUT2D eigenvalue weighted by molar-refractivity contribution is 7.84. The maximum absolute atomic E-state index is 11.5. The molecule has 1 fully saturated rings. The smallest absolute Gasteiger partial charge is 0.0896 e. The summed E-state index contributed by atoms with van der Waals surface area (Å²) in [6, 6.07) is 12.5. The van der Waals surface area contributed by atoms with Gasteiger partial charge in [-0.1, -0.05) is 18.2 Å². The average Bonchev–Trinajstić information content (AvgIpc) is 3.20. The van der Waals surface area contributed by atoms with E-state index in [0.717, 1.165) is 35.7 Å². The molecule has 3 unspecified atom stereocenters. The van der Waals surface area contributed by atoms with Crippen LogP contribution in [0.3, 0.4) is 0 Å². The molecular formula is C18H23NO2S2. The predicted molar refractivity (Wildman–Crippen MR) is 96.1 cm³/mol. The minimum absolute atomic E-state index is 0.356.